The maximum Gasteiger partial charge on any atom is 0.519 e. The number of aliphatic hydroxyl groups is 1. The third-order valence-corrected chi connectivity index (χ3v) is 3.14. The van der Waals surface area contributed by atoms with Gasteiger partial charge in [-0.2, -0.15) is 0 Å². The number of hydrogen-bond acceptors (Lipinski definition) is 7. The van der Waals surface area contributed by atoms with E-state index in [1.54, 1.807) is 0 Å². The number of nitrogens with two attached hydrogens (primary N) is 1. The van der Waals surface area contributed by atoms with E-state index in [0.717, 1.165) is 5.56 Å². The molecule has 1 heterocycles. The molecule has 3 N–H and O–H groups in total. The van der Waals surface area contributed by atoms with Gasteiger partial charge in [0.2, 0.25) is 0 Å². The van der Waals surface area contributed by atoms with Crippen molar-refractivity contribution in [1.29, 1.82) is 0 Å². The molecule has 0 saturated carbocycles. The molecule has 2 rings (SSSR count). The fourth-order valence-electron chi connectivity index (χ4n) is 1.90. The van der Waals surface area contributed by atoms with Crippen LogP contribution in [0.25, 0.3) is 0 Å². The van der Waals surface area contributed by atoms with Gasteiger partial charge in [0.1, 0.15) is 0 Å². The van der Waals surface area contributed by atoms with Crippen LogP contribution >= 0.6 is 0 Å². The zero-order valence-corrected chi connectivity index (χ0v) is 12.0. The molecule has 0 aliphatic carbocycles. The van der Waals surface area contributed by atoms with Crippen molar-refractivity contribution in [3.05, 3.63) is 58.0 Å². The summed E-state index contributed by atoms with van der Waals surface area (Å²) in [6.07, 6.45) is -1.14. The summed E-state index contributed by atoms with van der Waals surface area (Å²) in [5.41, 5.74) is 6.71. The molecule has 7 nitrogen and oxygen atoms in total. The predicted octanol–water partition coefficient (Wildman–Crippen LogP) is 0.515. The summed E-state index contributed by atoms with van der Waals surface area (Å²) in [5.74, 6) is -1.43. The molecule has 0 aliphatic heterocycles. The molecular formula is C15H17NO6. The van der Waals surface area contributed by atoms with E-state index in [0.29, 0.717) is 6.42 Å². The molecule has 0 amide bonds. The number of benzene rings is 1. The Morgan fingerprint density at radius 3 is 2.59 bits per heavy atom. The van der Waals surface area contributed by atoms with Crippen molar-refractivity contribution in [2.75, 3.05) is 0 Å². The molecule has 0 fully saturated rings. The van der Waals surface area contributed by atoms with Crippen molar-refractivity contribution in [3.63, 3.8) is 0 Å². The first kappa shape index (κ1) is 16.0. The first-order valence-electron chi connectivity index (χ1n) is 6.71. The minimum Gasteiger partial charge on any atom is -0.455 e. The van der Waals surface area contributed by atoms with E-state index in [-0.39, 0.29) is 18.1 Å². The third-order valence-electron chi connectivity index (χ3n) is 3.14. The summed E-state index contributed by atoms with van der Waals surface area (Å²) in [5, 5.41) is 9.88. The highest BCUT2D eigenvalue weighted by atomic mass is 16.6. The van der Waals surface area contributed by atoms with Gasteiger partial charge in [-0.05, 0) is 18.9 Å². The fourth-order valence-corrected chi connectivity index (χ4v) is 1.90. The topological polar surface area (TPSA) is 116 Å². The van der Waals surface area contributed by atoms with Crippen molar-refractivity contribution in [2.45, 2.75) is 32.1 Å². The van der Waals surface area contributed by atoms with Gasteiger partial charge in [0.15, 0.2) is 24.2 Å². The van der Waals surface area contributed by atoms with E-state index in [1.165, 1.54) is 6.92 Å². The largest absolute Gasteiger partial charge is 0.519 e. The lowest BCUT2D eigenvalue weighted by Gasteiger charge is -2.17. The lowest BCUT2D eigenvalue weighted by atomic mass is 10.0. The second-order valence-electron chi connectivity index (χ2n) is 4.84. The number of carbonyl (C=O) groups excluding carboxylic acids is 1. The molecule has 22 heavy (non-hydrogen) atoms. The van der Waals surface area contributed by atoms with Crippen LogP contribution in [-0.4, -0.2) is 23.2 Å². The number of esters is 1. The van der Waals surface area contributed by atoms with E-state index in [2.05, 4.69) is 8.83 Å². The number of carbonyl (C=O) groups is 1. The second kappa shape index (κ2) is 7.06. The van der Waals surface area contributed by atoms with Gasteiger partial charge in [0.05, 0.1) is 0 Å². The van der Waals surface area contributed by atoms with Gasteiger partial charge in [0, 0.05) is 6.04 Å². The minimum atomic E-state index is -1.47. The van der Waals surface area contributed by atoms with Gasteiger partial charge in [-0.25, -0.2) is 9.59 Å². The fraction of sp³-hybridized carbons (Fsp3) is 0.333. The van der Waals surface area contributed by atoms with Gasteiger partial charge in [0.25, 0.3) is 0 Å². The van der Waals surface area contributed by atoms with Gasteiger partial charge in [-0.1, -0.05) is 30.3 Å². The SMILES string of the molecule is Cc1oc(=O)oc1COC(=O)C(O)C(N)Cc1ccccc1. The summed E-state index contributed by atoms with van der Waals surface area (Å²) < 4.78 is 14.2. The smallest absolute Gasteiger partial charge is 0.455 e. The Hall–Kier alpha value is -2.38. The maximum absolute atomic E-state index is 11.8. The first-order chi connectivity index (χ1) is 10.5. The van der Waals surface area contributed by atoms with Crippen molar-refractivity contribution in [1.82, 2.24) is 0 Å². The molecule has 2 atom stereocenters. The third kappa shape index (κ3) is 4.06. The molecule has 0 spiro atoms. The van der Waals surface area contributed by atoms with Crippen molar-refractivity contribution >= 4 is 5.97 Å². The van der Waals surface area contributed by atoms with Gasteiger partial charge < -0.3 is 24.4 Å². The Kier molecular flexibility index (Phi) is 5.13. The molecule has 7 heteroatoms. The van der Waals surface area contributed by atoms with Crippen molar-refractivity contribution in [2.24, 2.45) is 5.73 Å². The monoisotopic (exact) mass is 307 g/mol. The van der Waals surface area contributed by atoms with Crippen molar-refractivity contribution < 1.29 is 23.5 Å². The molecule has 2 unspecified atom stereocenters. The summed E-state index contributed by atoms with van der Waals surface area (Å²) in [6, 6.07) is 8.45. The maximum atomic E-state index is 11.8. The van der Waals surface area contributed by atoms with E-state index >= 15 is 0 Å². The van der Waals surface area contributed by atoms with Gasteiger partial charge >= 0.3 is 11.8 Å². The van der Waals surface area contributed by atoms with Gasteiger partial charge in [-0.3, -0.25) is 0 Å². The standard InChI is InChI=1S/C15H17NO6/c1-9-12(22-15(19)21-9)8-20-14(18)13(17)11(16)7-10-5-3-2-4-6-10/h2-6,11,13,17H,7-8,16H2,1H3. The Morgan fingerprint density at radius 2 is 2.00 bits per heavy atom. The zero-order valence-electron chi connectivity index (χ0n) is 12.0. The molecule has 1 aromatic heterocycles. The van der Waals surface area contributed by atoms with E-state index in [1.807, 2.05) is 30.3 Å². The number of aliphatic hydroxyl groups excluding tert-OH is 1. The Morgan fingerprint density at radius 1 is 1.32 bits per heavy atom. The van der Waals surface area contributed by atoms with Crippen LogP contribution in [0.1, 0.15) is 17.1 Å². The highest BCUT2D eigenvalue weighted by Crippen LogP contribution is 2.09. The number of ether oxygens (including phenoxy) is 1. The Balaban J connectivity index is 1.88. The average molecular weight is 307 g/mol. The summed E-state index contributed by atoms with van der Waals surface area (Å²) in [4.78, 5) is 22.6. The molecule has 0 radical (unpaired) electrons. The lowest BCUT2D eigenvalue weighted by molar-refractivity contribution is -0.156. The van der Waals surface area contributed by atoms with Crippen LogP contribution in [0, 0.1) is 6.92 Å². The normalized spacial score (nSPS) is 13.6. The summed E-state index contributed by atoms with van der Waals surface area (Å²) in [7, 11) is 0. The Labute approximate surface area is 126 Å². The van der Waals surface area contributed by atoms with Crippen LogP contribution in [0.2, 0.25) is 0 Å². The molecule has 0 aliphatic rings. The quantitative estimate of drug-likeness (QED) is 0.747. The van der Waals surface area contributed by atoms with E-state index < -0.39 is 23.9 Å². The van der Waals surface area contributed by atoms with E-state index in [4.69, 9.17) is 10.5 Å². The van der Waals surface area contributed by atoms with Crippen LogP contribution in [0.15, 0.2) is 44.0 Å². The predicted molar refractivity (Wildman–Crippen MR) is 75.9 cm³/mol. The van der Waals surface area contributed by atoms with E-state index in [9.17, 15) is 14.7 Å². The van der Waals surface area contributed by atoms with Crippen LogP contribution in [0.3, 0.4) is 0 Å². The number of rotatable bonds is 6. The first-order valence-corrected chi connectivity index (χ1v) is 6.71. The second-order valence-corrected chi connectivity index (χ2v) is 4.84. The molecule has 118 valence electrons. The van der Waals surface area contributed by atoms with Gasteiger partial charge in [-0.15, -0.1) is 0 Å². The molecule has 0 bridgehead atoms. The highest BCUT2D eigenvalue weighted by molar-refractivity contribution is 5.75. The summed E-state index contributed by atoms with van der Waals surface area (Å²) in [6.45, 7) is 1.21. The molecule has 0 saturated heterocycles. The summed E-state index contributed by atoms with van der Waals surface area (Å²) >= 11 is 0. The van der Waals surface area contributed by atoms with Crippen LogP contribution in [-0.2, 0) is 22.6 Å². The number of hydrogen-bond donors (Lipinski definition) is 2. The Bertz CT molecular complexity index is 675. The highest BCUT2D eigenvalue weighted by Gasteiger charge is 2.25. The zero-order chi connectivity index (χ0) is 16.1. The van der Waals surface area contributed by atoms with Crippen molar-refractivity contribution in [3.8, 4) is 0 Å². The molecular weight excluding hydrogens is 290 g/mol. The van der Waals surface area contributed by atoms with Crippen LogP contribution < -0.4 is 11.6 Å². The minimum absolute atomic E-state index is 0.0992. The van der Waals surface area contributed by atoms with Crippen LogP contribution in [0.5, 0.6) is 0 Å². The van der Waals surface area contributed by atoms with Crippen LogP contribution in [0.4, 0.5) is 0 Å². The molecule has 2 aromatic rings. The average Bonchev–Trinajstić information content (AvgIpc) is 2.82. The number of aryl methyl sites for hydroxylation is 1. The molecule has 1 aromatic carbocycles. The lowest BCUT2D eigenvalue weighted by Crippen LogP contribution is -2.42.